The van der Waals surface area contributed by atoms with Crippen LogP contribution in [0.2, 0.25) is 0 Å². The van der Waals surface area contributed by atoms with E-state index in [1.165, 1.54) is 48.6 Å². The Morgan fingerprint density at radius 1 is 0.886 bits per heavy atom. The monoisotopic (exact) mass is 511 g/mol. The van der Waals surface area contributed by atoms with Crippen molar-refractivity contribution in [1.82, 2.24) is 0 Å². The van der Waals surface area contributed by atoms with Gasteiger partial charge in [-0.3, -0.25) is 9.11 Å². The molecule has 0 spiro atoms. The van der Waals surface area contributed by atoms with Gasteiger partial charge >= 0.3 is 0 Å². The average molecular weight is 512 g/mol. The van der Waals surface area contributed by atoms with E-state index in [2.05, 4.69) is 10.2 Å². The lowest BCUT2D eigenvalue weighted by Gasteiger charge is -2.32. The Kier molecular flexibility index (Phi) is 6.54. The van der Waals surface area contributed by atoms with Gasteiger partial charge in [0.15, 0.2) is 4.87 Å². The molecule has 1 aliphatic rings. The first-order valence-corrected chi connectivity index (χ1v) is 13.2. The molecule has 2 atom stereocenters. The normalized spacial score (nSPS) is 21.1. The molecule has 0 fully saturated rings. The van der Waals surface area contributed by atoms with Crippen LogP contribution in [-0.4, -0.2) is 30.8 Å². The van der Waals surface area contributed by atoms with Crippen LogP contribution in [0.4, 0.5) is 5.69 Å². The summed E-state index contributed by atoms with van der Waals surface area (Å²) < 4.78 is 67.8. The lowest BCUT2D eigenvalue weighted by Crippen LogP contribution is -2.54. The van der Waals surface area contributed by atoms with Crippen molar-refractivity contribution in [1.29, 1.82) is 0 Å². The molecule has 3 aromatic rings. The van der Waals surface area contributed by atoms with Crippen LogP contribution in [0.5, 0.6) is 0 Å². The second-order valence-electron chi connectivity index (χ2n) is 7.80. The highest BCUT2D eigenvalue weighted by molar-refractivity contribution is 7.87. The molecule has 0 aromatic heterocycles. The Morgan fingerprint density at radius 2 is 1.57 bits per heavy atom. The number of nitrogens with zero attached hydrogens (tertiary/aromatic N) is 2. The maximum Gasteiger partial charge on any atom is 0.295 e. The van der Waals surface area contributed by atoms with Gasteiger partial charge in [0.2, 0.25) is 0 Å². The summed E-state index contributed by atoms with van der Waals surface area (Å²) in [5.41, 5.74) is 6.63. The molecule has 1 aliphatic carbocycles. The van der Waals surface area contributed by atoms with Crippen LogP contribution in [-0.2, 0) is 20.2 Å². The zero-order valence-corrected chi connectivity index (χ0v) is 19.8. The minimum Gasteiger partial charge on any atom is -0.305 e. The summed E-state index contributed by atoms with van der Waals surface area (Å²) >= 11 is 0. The Balaban J connectivity index is 1.75. The molecule has 4 rings (SSSR count). The number of benzene rings is 3. The Bertz CT molecular complexity index is 1620. The topological polar surface area (TPSA) is 159 Å². The third-order valence-electron chi connectivity index (χ3n) is 5.61. The molecule has 11 heteroatoms. The third kappa shape index (κ3) is 4.85. The minimum atomic E-state index is -4.93. The van der Waals surface area contributed by atoms with Gasteiger partial charge in [0.05, 0.1) is 5.69 Å². The molecule has 0 bridgehead atoms. The number of azo groups is 1. The first-order valence-electron chi connectivity index (χ1n) is 10.3. The molecule has 0 saturated heterocycles. The zero-order valence-electron chi connectivity index (χ0n) is 18.1. The summed E-state index contributed by atoms with van der Waals surface area (Å²) in [7, 11) is -9.45. The standard InChI is InChI=1S/C24H21N3O6S2/c25-24(35(31,32)33)19(16-15-18-8-2-4-13-22(18)34(28,29)30)10-6-14-23(24)27-26-21-12-5-9-17-7-1-3-11-20(17)21/h1-16,19H,25H2,(H,28,29,30)(H,31,32,33). The number of nitrogens with two attached hydrogens (primary N) is 1. The van der Waals surface area contributed by atoms with Gasteiger partial charge in [0.1, 0.15) is 10.6 Å². The zero-order chi connectivity index (χ0) is 25.3. The van der Waals surface area contributed by atoms with Crippen molar-refractivity contribution in [2.24, 2.45) is 21.9 Å². The summed E-state index contributed by atoms with van der Waals surface area (Å²) in [5, 5.41) is 9.98. The lowest BCUT2D eigenvalue weighted by molar-refractivity contribution is 0.418. The van der Waals surface area contributed by atoms with Gasteiger partial charge in [0, 0.05) is 11.3 Å². The molecule has 9 nitrogen and oxygen atoms in total. The predicted molar refractivity (Wildman–Crippen MR) is 133 cm³/mol. The summed E-state index contributed by atoms with van der Waals surface area (Å²) in [6.45, 7) is 0. The van der Waals surface area contributed by atoms with Crippen molar-refractivity contribution in [3.05, 3.63) is 102 Å². The van der Waals surface area contributed by atoms with Crippen LogP contribution in [0.25, 0.3) is 16.8 Å². The maximum absolute atomic E-state index is 12.5. The first-order chi connectivity index (χ1) is 16.5. The summed E-state index contributed by atoms with van der Waals surface area (Å²) in [5.74, 6) is -1.14. The van der Waals surface area contributed by atoms with E-state index >= 15 is 0 Å². The van der Waals surface area contributed by atoms with E-state index in [1.54, 1.807) is 18.2 Å². The fourth-order valence-electron chi connectivity index (χ4n) is 3.80. The Morgan fingerprint density at radius 3 is 2.31 bits per heavy atom. The second-order valence-corrected chi connectivity index (χ2v) is 10.8. The van der Waals surface area contributed by atoms with Crippen LogP contribution in [0, 0.1) is 5.92 Å². The summed E-state index contributed by atoms with van der Waals surface area (Å²) in [6.07, 6.45) is 6.89. The van der Waals surface area contributed by atoms with E-state index < -0.39 is 31.0 Å². The van der Waals surface area contributed by atoms with Crippen LogP contribution in [0.15, 0.2) is 112 Å². The van der Waals surface area contributed by atoms with Crippen molar-refractivity contribution in [2.45, 2.75) is 9.77 Å². The highest BCUT2D eigenvalue weighted by atomic mass is 32.2. The van der Waals surface area contributed by atoms with Crippen molar-refractivity contribution < 1.29 is 25.9 Å². The van der Waals surface area contributed by atoms with Gasteiger partial charge in [-0.2, -0.15) is 27.1 Å². The molecular weight excluding hydrogens is 490 g/mol. The van der Waals surface area contributed by atoms with Crippen LogP contribution >= 0.6 is 0 Å². The molecule has 0 aliphatic heterocycles. The molecule has 35 heavy (non-hydrogen) atoms. The van der Waals surface area contributed by atoms with E-state index in [-0.39, 0.29) is 16.2 Å². The van der Waals surface area contributed by atoms with E-state index in [9.17, 15) is 25.9 Å². The second kappa shape index (κ2) is 9.29. The van der Waals surface area contributed by atoms with E-state index in [0.717, 1.165) is 10.8 Å². The van der Waals surface area contributed by atoms with E-state index in [4.69, 9.17) is 5.73 Å². The highest BCUT2D eigenvalue weighted by Gasteiger charge is 2.49. The summed E-state index contributed by atoms with van der Waals surface area (Å²) in [4.78, 5) is -2.77. The quantitative estimate of drug-likeness (QED) is 0.324. The molecule has 0 radical (unpaired) electrons. The number of rotatable bonds is 6. The molecule has 0 saturated carbocycles. The average Bonchev–Trinajstić information content (AvgIpc) is 2.81. The SMILES string of the molecule is NC1(S(=O)(=O)O)C(N=Nc2cccc3ccccc23)=CC=CC1C=Cc1ccccc1S(=O)(=O)O. The Labute approximate surface area is 202 Å². The van der Waals surface area contributed by atoms with Gasteiger partial charge in [-0.15, -0.1) is 0 Å². The number of fused-ring (bicyclic) bond motifs is 1. The molecule has 2 unspecified atom stereocenters. The fraction of sp³-hybridized carbons (Fsp3) is 0.0833. The van der Waals surface area contributed by atoms with Crippen LogP contribution < -0.4 is 5.73 Å². The molecule has 4 N–H and O–H groups in total. The van der Waals surface area contributed by atoms with Gasteiger partial charge in [0.25, 0.3) is 20.2 Å². The highest BCUT2D eigenvalue weighted by Crippen LogP contribution is 2.37. The molecule has 0 heterocycles. The predicted octanol–water partition coefficient (Wildman–Crippen LogP) is 4.50. The lowest BCUT2D eigenvalue weighted by atomic mass is 9.91. The van der Waals surface area contributed by atoms with Gasteiger partial charge in [-0.25, -0.2) is 0 Å². The van der Waals surface area contributed by atoms with Crippen LogP contribution in [0.3, 0.4) is 0 Å². The minimum absolute atomic E-state index is 0.106. The number of hydrogen-bond acceptors (Lipinski definition) is 7. The number of allylic oxidation sites excluding steroid dienone is 2. The van der Waals surface area contributed by atoms with Crippen molar-refractivity contribution in [3.63, 3.8) is 0 Å². The fourth-order valence-corrected chi connectivity index (χ4v) is 5.36. The smallest absolute Gasteiger partial charge is 0.295 e. The van der Waals surface area contributed by atoms with Gasteiger partial charge in [-0.05, 0) is 29.2 Å². The van der Waals surface area contributed by atoms with Gasteiger partial charge in [-0.1, -0.05) is 78.9 Å². The van der Waals surface area contributed by atoms with Gasteiger partial charge < -0.3 is 5.73 Å². The number of hydrogen-bond donors (Lipinski definition) is 3. The molecular formula is C24H21N3O6S2. The maximum atomic E-state index is 12.5. The van der Waals surface area contributed by atoms with Crippen LogP contribution in [0.1, 0.15) is 5.56 Å². The summed E-state index contributed by atoms with van der Waals surface area (Å²) in [6, 6.07) is 18.4. The van der Waals surface area contributed by atoms with Crippen molar-refractivity contribution >= 4 is 42.8 Å². The van der Waals surface area contributed by atoms with Crippen molar-refractivity contribution in [2.75, 3.05) is 0 Å². The molecule has 0 amide bonds. The molecule has 180 valence electrons. The van der Waals surface area contributed by atoms with E-state index in [0.29, 0.717) is 5.69 Å². The van der Waals surface area contributed by atoms with E-state index in [1.807, 2.05) is 30.3 Å². The largest absolute Gasteiger partial charge is 0.305 e. The molecule has 3 aromatic carbocycles. The van der Waals surface area contributed by atoms with Crippen molar-refractivity contribution in [3.8, 4) is 0 Å². The Hall–Kier alpha value is -3.48. The third-order valence-corrected chi connectivity index (χ3v) is 7.87. The first kappa shape index (κ1) is 24.6.